The fourth-order valence-corrected chi connectivity index (χ4v) is 3.47. The van der Waals surface area contributed by atoms with Crippen LogP contribution in [0.2, 0.25) is 0 Å². The lowest BCUT2D eigenvalue weighted by Gasteiger charge is -2.21. The molecule has 2 heterocycles. The maximum absolute atomic E-state index is 13.2. The van der Waals surface area contributed by atoms with Gasteiger partial charge in [-0.25, -0.2) is 9.37 Å². The summed E-state index contributed by atoms with van der Waals surface area (Å²) in [5.74, 6) is 0.163. The molecule has 114 valence electrons. The maximum Gasteiger partial charge on any atom is 0.221 e. The van der Waals surface area contributed by atoms with Crippen LogP contribution in [0.15, 0.2) is 29.3 Å². The van der Waals surface area contributed by atoms with E-state index in [4.69, 9.17) is 10.1 Å². The Bertz CT molecular complexity index is 722. The van der Waals surface area contributed by atoms with Crippen LogP contribution in [0.1, 0.15) is 22.3 Å². The van der Waals surface area contributed by atoms with Crippen molar-refractivity contribution >= 4 is 18.0 Å². The largest absolute Gasteiger partial charge is 0.493 e. The summed E-state index contributed by atoms with van der Waals surface area (Å²) in [4.78, 5) is 4.19. The normalized spacial score (nSPS) is 13.7. The summed E-state index contributed by atoms with van der Waals surface area (Å²) < 4.78 is 18.7. The molecule has 2 N–H and O–H groups in total. The van der Waals surface area contributed by atoms with E-state index in [2.05, 4.69) is 4.98 Å². The second-order valence-corrected chi connectivity index (χ2v) is 5.94. The molecule has 0 radical (unpaired) electrons. The smallest absolute Gasteiger partial charge is 0.221 e. The van der Waals surface area contributed by atoms with Crippen LogP contribution in [0, 0.1) is 11.2 Å². The summed E-state index contributed by atoms with van der Waals surface area (Å²) in [6.07, 6.45) is 1.79. The van der Waals surface area contributed by atoms with Gasteiger partial charge < -0.3 is 15.3 Å². The molecule has 0 saturated heterocycles. The van der Waals surface area contributed by atoms with Crippen molar-refractivity contribution in [3.63, 3.8) is 0 Å². The molecule has 1 aliphatic rings. The van der Waals surface area contributed by atoms with Gasteiger partial charge in [-0.05, 0) is 29.7 Å². The molecule has 0 spiro atoms. The number of hydrogen-bond donors (Lipinski definition) is 2. The molecule has 0 amide bonds. The average Bonchev–Trinajstić information content (AvgIpc) is 2.53. The van der Waals surface area contributed by atoms with Gasteiger partial charge >= 0.3 is 0 Å². The molecule has 0 aliphatic carbocycles. The highest BCUT2D eigenvalue weighted by Crippen LogP contribution is 2.34. The molecule has 2 aromatic rings. The quantitative estimate of drug-likeness (QED) is 0.670. The summed E-state index contributed by atoms with van der Waals surface area (Å²) in [6.45, 7) is 1.00. The molecule has 22 heavy (non-hydrogen) atoms. The molecule has 0 saturated carbocycles. The summed E-state index contributed by atoms with van der Waals surface area (Å²) in [6, 6.07) is 6.42. The second kappa shape index (κ2) is 6.46. The van der Waals surface area contributed by atoms with E-state index >= 15 is 0 Å². The van der Waals surface area contributed by atoms with Gasteiger partial charge in [0.1, 0.15) is 10.8 Å². The number of ether oxygens (including phenoxy) is 1. The first-order valence-electron chi connectivity index (χ1n) is 6.89. The predicted molar refractivity (Wildman–Crippen MR) is 83.1 cm³/mol. The molecule has 3 rings (SSSR count). The number of nitrogens with one attached hydrogen (secondary N) is 1. The van der Waals surface area contributed by atoms with E-state index in [0.717, 1.165) is 22.9 Å². The Hall–Kier alpha value is -1.92. The fraction of sp³-hybridized carbons (Fsp3) is 0.250. The first-order chi connectivity index (χ1) is 10.7. The molecule has 0 fully saturated rings. The minimum atomic E-state index is -0.265. The second-order valence-electron chi connectivity index (χ2n) is 4.98. The first kappa shape index (κ1) is 15.0. The van der Waals surface area contributed by atoms with Gasteiger partial charge in [-0.1, -0.05) is 12.1 Å². The van der Waals surface area contributed by atoms with E-state index in [0.29, 0.717) is 36.0 Å². The number of rotatable bonds is 4. The minimum Gasteiger partial charge on any atom is -0.493 e. The van der Waals surface area contributed by atoms with Gasteiger partial charge in [-0.3, -0.25) is 0 Å². The number of halogens is 1. The molecule has 6 heteroatoms. The summed E-state index contributed by atoms with van der Waals surface area (Å²) >= 11 is 1.44. The Morgan fingerprint density at radius 1 is 1.41 bits per heavy atom. The monoisotopic (exact) mass is 318 g/mol. The van der Waals surface area contributed by atoms with Crippen molar-refractivity contribution in [2.24, 2.45) is 0 Å². The highest BCUT2D eigenvalue weighted by molar-refractivity contribution is 7.98. The van der Waals surface area contributed by atoms with Crippen LogP contribution < -0.4 is 0 Å². The number of pyridine rings is 1. The zero-order chi connectivity index (χ0) is 15.5. The standard InChI is InChI=1S/C16H15FN2O2S/c17-11-3-1-2-10(6-11)9-22-16-14-8-21-5-4-12(14)13(7-18)15(20)19-16/h1-3,6-7,18H,4-5,8-9H2,(H,19,20). The van der Waals surface area contributed by atoms with Crippen LogP contribution in [0.5, 0.6) is 5.88 Å². The summed E-state index contributed by atoms with van der Waals surface area (Å²) in [5.41, 5.74) is 3.17. The SMILES string of the molecule is N=Cc1c(O)nc(SCc2cccc(F)c2)c2c1CCOC2. The average molecular weight is 318 g/mol. The molecule has 1 aromatic carbocycles. The lowest BCUT2D eigenvalue weighted by molar-refractivity contribution is 0.108. The number of benzene rings is 1. The number of fused-ring (bicyclic) bond motifs is 1. The van der Waals surface area contributed by atoms with Gasteiger partial charge in [0.15, 0.2) is 0 Å². The van der Waals surface area contributed by atoms with Crippen molar-refractivity contribution in [1.82, 2.24) is 4.98 Å². The number of aromatic hydroxyl groups is 1. The van der Waals surface area contributed by atoms with Gasteiger partial charge in [0, 0.05) is 17.5 Å². The summed E-state index contributed by atoms with van der Waals surface area (Å²) in [5, 5.41) is 18.1. The topological polar surface area (TPSA) is 66.2 Å². The van der Waals surface area contributed by atoms with Crippen LogP contribution in [-0.2, 0) is 23.5 Å². The lowest BCUT2D eigenvalue weighted by Crippen LogP contribution is -2.15. The van der Waals surface area contributed by atoms with Gasteiger partial charge in [0.05, 0.1) is 18.8 Å². The minimum absolute atomic E-state index is 0.127. The van der Waals surface area contributed by atoms with Gasteiger partial charge in [0.25, 0.3) is 0 Å². The van der Waals surface area contributed by atoms with E-state index in [1.165, 1.54) is 23.9 Å². The zero-order valence-electron chi connectivity index (χ0n) is 11.8. The molecule has 4 nitrogen and oxygen atoms in total. The third-order valence-corrected chi connectivity index (χ3v) is 4.64. The molecule has 1 aromatic heterocycles. The molecule has 1 aliphatic heterocycles. The molecular weight excluding hydrogens is 303 g/mol. The van der Waals surface area contributed by atoms with Crippen LogP contribution in [0.4, 0.5) is 4.39 Å². The molecule has 0 atom stereocenters. The highest BCUT2D eigenvalue weighted by Gasteiger charge is 2.21. The number of nitrogens with zero attached hydrogens (tertiary/aromatic N) is 1. The molecule has 0 bridgehead atoms. The summed E-state index contributed by atoms with van der Waals surface area (Å²) in [7, 11) is 0. The van der Waals surface area contributed by atoms with Gasteiger partial charge in [0.2, 0.25) is 5.88 Å². The Morgan fingerprint density at radius 2 is 2.27 bits per heavy atom. The third kappa shape index (κ3) is 2.98. The van der Waals surface area contributed by atoms with E-state index in [-0.39, 0.29) is 11.7 Å². The van der Waals surface area contributed by atoms with E-state index in [1.807, 2.05) is 6.07 Å². The fourth-order valence-electron chi connectivity index (χ4n) is 2.48. The van der Waals surface area contributed by atoms with E-state index in [9.17, 15) is 9.50 Å². The molecule has 0 unspecified atom stereocenters. The van der Waals surface area contributed by atoms with Crippen LogP contribution in [0.3, 0.4) is 0 Å². The Kier molecular flexibility index (Phi) is 4.40. The number of aromatic nitrogens is 1. The van der Waals surface area contributed by atoms with Crippen molar-refractivity contribution < 1.29 is 14.2 Å². The van der Waals surface area contributed by atoms with Crippen molar-refractivity contribution in [2.75, 3.05) is 6.61 Å². The highest BCUT2D eigenvalue weighted by atomic mass is 32.2. The van der Waals surface area contributed by atoms with Crippen LogP contribution in [-0.4, -0.2) is 22.9 Å². The van der Waals surface area contributed by atoms with E-state index in [1.54, 1.807) is 6.07 Å². The zero-order valence-corrected chi connectivity index (χ0v) is 12.6. The maximum atomic E-state index is 13.2. The Balaban J connectivity index is 1.90. The van der Waals surface area contributed by atoms with Gasteiger partial charge in [-0.15, -0.1) is 11.8 Å². The molecular formula is C16H15FN2O2S. The van der Waals surface area contributed by atoms with Crippen molar-refractivity contribution in [3.05, 3.63) is 52.3 Å². The van der Waals surface area contributed by atoms with Crippen molar-refractivity contribution in [2.45, 2.75) is 23.8 Å². The number of hydrogen-bond acceptors (Lipinski definition) is 5. The van der Waals surface area contributed by atoms with E-state index < -0.39 is 0 Å². The third-order valence-electron chi connectivity index (χ3n) is 3.55. The predicted octanol–water partition coefficient (Wildman–Crippen LogP) is 3.29. The Labute approximate surface area is 131 Å². The lowest BCUT2D eigenvalue weighted by atomic mass is 10.0. The Morgan fingerprint density at radius 3 is 3.05 bits per heavy atom. The van der Waals surface area contributed by atoms with Crippen LogP contribution >= 0.6 is 11.8 Å². The van der Waals surface area contributed by atoms with Crippen LogP contribution in [0.25, 0.3) is 0 Å². The number of thioether (sulfide) groups is 1. The van der Waals surface area contributed by atoms with Crippen molar-refractivity contribution in [1.29, 1.82) is 5.41 Å². The van der Waals surface area contributed by atoms with Crippen molar-refractivity contribution in [3.8, 4) is 5.88 Å². The first-order valence-corrected chi connectivity index (χ1v) is 7.87. The van der Waals surface area contributed by atoms with Gasteiger partial charge in [-0.2, -0.15) is 0 Å².